The smallest absolute Gasteiger partial charge is 0.258 e. The van der Waals surface area contributed by atoms with Crippen LogP contribution in [0.4, 0.5) is 0 Å². The molecule has 1 atom stereocenters. The number of amides is 1. The molecule has 152 valence electrons. The lowest BCUT2D eigenvalue weighted by molar-refractivity contribution is -0.124. The molecule has 0 saturated heterocycles. The highest BCUT2D eigenvalue weighted by Gasteiger charge is 2.17. The van der Waals surface area contributed by atoms with E-state index >= 15 is 0 Å². The van der Waals surface area contributed by atoms with Gasteiger partial charge < -0.3 is 14.8 Å². The Hall–Kier alpha value is -2.53. The van der Waals surface area contributed by atoms with Crippen LogP contribution in [0.1, 0.15) is 31.9 Å². The molecule has 3 aromatic carbocycles. The van der Waals surface area contributed by atoms with E-state index in [-0.39, 0.29) is 18.6 Å². The van der Waals surface area contributed by atoms with E-state index in [1.54, 1.807) is 7.11 Å². The number of hydrogen-bond acceptors (Lipinski definition) is 3. The van der Waals surface area contributed by atoms with Crippen LogP contribution in [-0.4, -0.2) is 19.6 Å². The maximum absolute atomic E-state index is 12.6. The zero-order chi connectivity index (χ0) is 20.8. The molecule has 4 nitrogen and oxygen atoms in total. The molecule has 1 N–H and O–H groups in total. The van der Waals surface area contributed by atoms with Gasteiger partial charge in [0.1, 0.15) is 11.5 Å². The molecule has 0 spiro atoms. The molecule has 1 amide bonds. The third-order valence-corrected chi connectivity index (χ3v) is 5.57. The second kappa shape index (κ2) is 9.79. The Morgan fingerprint density at radius 1 is 1.03 bits per heavy atom. The van der Waals surface area contributed by atoms with Crippen molar-refractivity contribution in [2.45, 2.75) is 26.3 Å². The van der Waals surface area contributed by atoms with E-state index in [4.69, 9.17) is 9.47 Å². The average Bonchev–Trinajstić information content (AvgIpc) is 2.73. The summed E-state index contributed by atoms with van der Waals surface area (Å²) in [6.45, 7) is 4.25. The van der Waals surface area contributed by atoms with Gasteiger partial charge in [-0.3, -0.25) is 4.79 Å². The van der Waals surface area contributed by atoms with E-state index < -0.39 is 0 Å². The number of rotatable bonds is 8. The lowest BCUT2D eigenvalue weighted by Crippen LogP contribution is -2.33. The standard InChI is InChI=1S/C24H26BrNO3/c1-16(2)14-21(18-8-11-19(28-3)12-9-18)26-23(27)15-29-22-13-10-17-6-4-5-7-20(17)24(22)25/h4-13,16,21H,14-15H2,1-3H3,(H,26,27)/t21-/m0/s1. The Balaban J connectivity index is 1.67. The van der Waals surface area contributed by atoms with Gasteiger partial charge in [0.2, 0.25) is 0 Å². The van der Waals surface area contributed by atoms with Crippen LogP contribution in [-0.2, 0) is 4.79 Å². The van der Waals surface area contributed by atoms with Crippen molar-refractivity contribution < 1.29 is 14.3 Å². The average molecular weight is 456 g/mol. The van der Waals surface area contributed by atoms with Crippen LogP contribution in [0, 0.1) is 5.92 Å². The highest BCUT2D eigenvalue weighted by molar-refractivity contribution is 9.10. The van der Waals surface area contributed by atoms with Crippen LogP contribution in [0.2, 0.25) is 0 Å². The van der Waals surface area contributed by atoms with Crippen LogP contribution in [0.3, 0.4) is 0 Å². The number of hydrogen-bond donors (Lipinski definition) is 1. The summed E-state index contributed by atoms with van der Waals surface area (Å²) in [7, 11) is 1.64. The first-order chi connectivity index (χ1) is 14.0. The predicted molar refractivity (Wildman–Crippen MR) is 120 cm³/mol. The Kier molecular flexibility index (Phi) is 7.15. The summed E-state index contributed by atoms with van der Waals surface area (Å²) in [5, 5.41) is 5.28. The summed E-state index contributed by atoms with van der Waals surface area (Å²) in [5.41, 5.74) is 1.06. The minimum absolute atomic E-state index is 0.0400. The van der Waals surface area contributed by atoms with E-state index in [0.29, 0.717) is 11.7 Å². The number of ether oxygens (including phenoxy) is 2. The minimum atomic E-state index is -0.147. The van der Waals surface area contributed by atoms with Crippen LogP contribution in [0.5, 0.6) is 11.5 Å². The third kappa shape index (κ3) is 5.51. The third-order valence-electron chi connectivity index (χ3n) is 4.75. The molecule has 29 heavy (non-hydrogen) atoms. The number of fused-ring (bicyclic) bond motifs is 1. The fraction of sp³-hybridized carbons (Fsp3) is 0.292. The Morgan fingerprint density at radius 2 is 1.76 bits per heavy atom. The fourth-order valence-electron chi connectivity index (χ4n) is 3.29. The number of carbonyl (C=O) groups excluding carboxylic acids is 1. The summed E-state index contributed by atoms with van der Waals surface area (Å²) in [6, 6.07) is 19.7. The lowest BCUT2D eigenvalue weighted by atomic mass is 9.97. The predicted octanol–water partition coefficient (Wildman–Crippen LogP) is 5.89. The number of benzene rings is 3. The monoisotopic (exact) mass is 455 g/mol. The van der Waals surface area contributed by atoms with Crippen molar-refractivity contribution in [1.29, 1.82) is 0 Å². The van der Waals surface area contributed by atoms with Crippen molar-refractivity contribution in [3.8, 4) is 11.5 Å². The largest absolute Gasteiger partial charge is 0.497 e. The summed E-state index contributed by atoms with van der Waals surface area (Å²) >= 11 is 3.60. The van der Waals surface area contributed by atoms with Crippen molar-refractivity contribution in [2.75, 3.05) is 13.7 Å². The molecule has 0 fully saturated rings. The molecule has 3 aromatic rings. The van der Waals surface area contributed by atoms with Gasteiger partial charge in [0.05, 0.1) is 17.6 Å². The Labute approximate surface area is 180 Å². The van der Waals surface area contributed by atoms with Gasteiger partial charge in [-0.25, -0.2) is 0 Å². The van der Waals surface area contributed by atoms with Crippen molar-refractivity contribution in [3.05, 3.63) is 70.7 Å². The first kappa shape index (κ1) is 21.2. The SMILES string of the molecule is COc1ccc([C@H](CC(C)C)NC(=O)COc2ccc3ccccc3c2Br)cc1. The summed E-state index contributed by atoms with van der Waals surface area (Å²) in [4.78, 5) is 12.6. The molecule has 0 bridgehead atoms. The second-order valence-electron chi connectivity index (χ2n) is 7.41. The lowest BCUT2D eigenvalue weighted by Gasteiger charge is -2.21. The highest BCUT2D eigenvalue weighted by atomic mass is 79.9. The molecule has 0 heterocycles. The van der Waals surface area contributed by atoms with Crippen molar-refractivity contribution >= 4 is 32.6 Å². The van der Waals surface area contributed by atoms with Gasteiger partial charge in [-0.2, -0.15) is 0 Å². The Bertz CT molecular complexity index is 970. The maximum Gasteiger partial charge on any atom is 0.258 e. The molecule has 0 unspecified atom stereocenters. The van der Waals surface area contributed by atoms with Crippen LogP contribution >= 0.6 is 15.9 Å². The fourth-order valence-corrected chi connectivity index (χ4v) is 3.90. The summed E-state index contributed by atoms with van der Waals surface area (Å²) in [5.74, 6) is 1.75. The van der Waals surface area contributed by atoms with Gasteiger partial charge >= 0.3 is 0 Å². The van der Waals surface area contributed by atoms with Crippen LogP contribution in [0.15, 0.2) is 65.1 Å². The molecule has 3 rings (SSSR count). The molecule has 5 heteroatoms. The zero-order valence-corrected chi connectivity index (χ0v) is 18.5. The van der Waals surface area contributed by atoms with Gasteiger partial charge in [-0.15, -0.1) is 0 Å². The van der Waals surface area contributed by atoms with Crippen molar-refractivity contribution in [2.24, 2.45) is 5.92 Å². The van der Waals surface area contributed by atoms with E-state index in [2.05, 4.69) is 35.1 Å². The molecule has 0 aromatic heterocycles. The first-order valence-electron chi connectivity index (χ1n) is 9.71. The van der Waals surface area contributed by atoms with Gasteiger partial charge in [-0.1, -0.05) is 56.3 Å². The van der Waals surface area contributed by atoms with E-state index in [1.807, 2.05) is 60.7 Å². The van der Waals surface area contributed by atoms with Crippen molar-refractivity contribution in [1.82, 2.24) is 5.32 Å². The van der Waals surface area contributed by atoms with Gasteiger partial charge in [-0.05, 0) is 62.8 Å². The quantitative estimate of drug-likeness (QED) is 0.460. The van der Waals surface area contributed by atoms with E-state index in [9.17, 15) is 4.79 Å². The number of carbonyl (C=O) groups is 1. The molecule has 0 aliphatic rings. The summed E-state index contributed by atoms with van der Waals surface area (Å²) < 4.78 is 11.9. The van der Waals surface area contributed by atoms with E-state index in [1.165, 1.54) is 0 Å². The Morgan fingerprint density at radius 3 is 2.45 bits per heavy atom. The number of halogens is 1. The van der Waals surface area contributed by atoms with Gasteiger partial charge in [0.15, 0.2) is 6.61 Å². The molecule has 0 radical (unpaired) electrons. The normalized spacial score (nSPS) is 12.0. The summed E-state index contributed by atoms with van der Waals surface area (Å²) in [6.07, 6.45) is 0.845. The van der Waals surface area contributed by atoms with Gasteiger partial charge in [0, 0.05) is 0 Å². The zero-order valence-electron chi connectivity index (χ0n) is 16.9. The topological polar surface area (TPSA) is 47.6 Å². The van der Waals surface area contributed by atoms with Crippen molar-refractivity contribution in [3.63, 3.8) is 0 Å². The molecular weight excluding hydrogens is 430 g/mol. The minimum Gasteiger partial charge on any atom is -0.497 e. The molecule has 0 aliphatic carbocycles. The number of methoxy groups -OCH3 is 1. The van der Waals surface area contributed by atoms with E-state index in [0.717, 1.165) is 33.0 Å². The molecule has 0 saturated carbocycles. The molecular formula is C24H26BrNO3. The molecule has 0 aliphatic heterocycles. The maximum atomic E-state index is 12.6. The highest BCUT2D eigenvalue weighted by Crippen LogP contribution is 2.33. The van der Waals surface area contributed by atoms with Crippen LogP contribution in [0.25, 0.3) is 10.8 Å². The first-order valence-corrected chi connectivity index (χ1v) is 10.5. The second-order valence-corrected chi connectivity index (χ2v) is 8.20. The number of nitrogens with one attached hydrogen (secondary N) is 1. The van der Waals surface area contributed by atoms with Crippen LogP contribution < -0.4 is 14.8 Å². The van der Waals surface area contributed by atoms with Gasteiger partial charge in [0.25, 0.3) is 5.91 Å².